The molecule has 0 radical (unpaired) electrons. The third-order valence-electron chi connectivity index (χ3n) is 4.93. The van der Waals surface area contributed by atoms with E-state index in [4.69, 9.17) is 4.74 Å². The van der Waals surface area contributed by atoms with Crippen molar-refractivity contribution in [2.24, 2.45) is 5.92 Å². The molecule has 0 amide bonds. The predicted molar refractivity (Wildman–Crippen MR) is 96.6 cm³/mol. The minimum atomic E-state index is -0.547. The van der Waals surface area contributed by atoms with Gasteiger partial charge >= 0.3 is 5.97 Å². The Labute approximate surface area is 155 Å². The van der Waals surface area contributed by atoms with Crippen LogP contribution in [-0.2, 0) is 22.6 Å². The van der Waals surface area contributed by atoms with Crippen LogP contribution in [0.25, 0.3) is 0 Å². The van der Waals surface area contributed by atoms with Gasteiger partial charge < -0.3 is 4.74 Å². The van der Waals surface area contributed by atoms with Gasteiger partial charge in [-0.3, -0.25) is 14.5 Å². The van der Waals surface area contributed by atoms with Gasteiger partial charge in [0.05, 0.1) is 6.04 Å². The molecule has 1 fully saturated rings. The molecule has 2 aliphatic rings. The predicted octanol–water partition coefficient (Wildman–Crippen LogP) is 3.89. The molecule has 1 aromatic carbocycles. The molecule has 0 saturated heterocycles. The van der Waals surface area contributed by atoms with Crippen molar-refractivity contribution < 1.29 is 18.7 Å². The zero-order valence-electron chi connectivity index (χ0n) is 14.5. The van der Waals surface area contributed by atoms with E-state index in [1.165, 1.54) is 29.2 Å². The summed E-state index contributed by atoms with van der Waals surface area (Å²) in [6.07, 6.45) is 2.57. The number of thiophene rings is 1. The lowest BCUT2D eigenvalue weighted by molar-refractivity contribution is -0.131. The molecule has 2 aromatic rings. The van der Waals surface area contributed by atoms with Crippen molar-refractivity contribution in [3.8, 4) is 5.06 Å². The Morgan fingerprint density at radius 3 is 2.77 bits per heavy atom. The van der Waals surface area contributed by atoms with Crippen LogP contribution in [0.5, 0.6) is 5.06 Å². The first-order valence-corrected chi connectivity index (χ1v) is 9.67. The number of hydrogen-bond donors (Lipinski definition) is 0. The van der Waals surface area contributed by atoms with E-state index in [9.17, 15) is 14.0 Å². The van der Waals surface area contributed by atoms with E-state index in [1.807, 2.05) is 6.07 Å². The molecule has 0 bridgehead atoms. The lowest BCUT2D eigenvalue weighted by Crippen LogP contribution is -2.38. The van der Waals surface area contributed by atoms with Crippen LogP contribution in [0.3, 0.4) is 0 Å². The quantitative estimate of drug-likeness (QED) is 0.740. The summed E-state index contributed by atoms with van der Waals surface area (Å²) in [5.74, 6) is -0.495. The number of hydrogen-bond acceptors (Lipinski definition) is 5. The van der Waals surface area contributed by atoms with Crippen molar-refractivity contribution in [3.05, 3.63) is 52.2 Å². The summed E-state index contributed by atoms with van der Waals surface area (Å²) < 4.78 is 19.6. The Hall–Kier alpha value is -2.05. The molecule has 1 aliphatic heterocycles. The van der Waals surface area contributed by atoms with Crippen molar-refractivity contribution in [1.82, 2.24) is 4.90 Å². The molecule has 0 N–H and O–H groups in total. The fraction of sp³-hybridized carbons (Fsp3) is 0.400. The zero-order valence-corrected chi connectivity index (χ0v) is 15.4. The van der Waals surface area contributed by atoms with E-state index in [-0.39, 0.29) is 23.5 Å². The number of rotatable bonds is 5. The van der Waals surface area contributed by atoms with Crippen LogP contribution in [0, 0.1) is 11.7 Å². The Balaban J connectivity index is 1.63. The van der Waals surface area contributed by atoms with Crippen LogP contribution in [0.1, 0.15) is 41.8 Å². The molecule has 1 unspecified atom stereocenters. The van der Waals surface area contributed by atoms with Crippen molar-refractivity contribution >= 4 is 23.1 Å². The van der Waals surface area contributed by atoms with E-state index in [0.717, 1.165) is 24.8 Å². The molecule has 6 heteroatoms. The van der Waals surface area contributed by atoms with E-state index in [0.29, 0.717) is 23.7 Å². The van der Waals surface area contributed by atoms with Gasteiger partial charge in [0.15, 0.2) is 10.8 Å². The molecule has 1 saturated carbocycles. The smallest absolute Gasteiger partial charge is 0.308 e. The fourth-order valence-electron chi connectivity index (χ4n) is 3.56. The Bertz CT molecular complexity index is 858. The summed E-state index contributed by atoms with van der Waals surface area (Å²) in [4.78, 5) is 27.4. The number of esters is 1. The van der Waals surface area contributed by atoms with E-state index in [1.54, 1.807) is 18.2 Å². The van der Waals surface area contributed by atoms with Crippen LogP contribution in [0.2, 0.25) is 0 Å². The number of ketones is 1. The second-order valence-corrected chi connectivity index (χ2v) is 8.03. The van der Waals surface area contributed by atoms with Gasteiger partial charge in [0.25, 0.3) is 0 Å². The van der Waals surface area contributed by atoms with Crippen LogP contribution in [-0.4, -0.2) is 23.2 Å². The number of nitrogens with zero attached hydrogens (tertiary/aromatic N) is 1. The largest absolute Gasteiger partial charge is 0.416 e. The first-order valence-electron chi connectivity index (χ1n) is 8.85. The fourth-order valence-corrected chi connectivity index (χ4v) is 4.61. The van der Waals surface area contributed by atoms with Crippen molar-refractivity contribution in [2.45, 2.75) is 38.8 Å². The SMILES string of the molecule is CC(=O)Oc1cc2c(s1)CCN(C(C(=O)C1CC1)[13c]1[13cH][13cH][13cH][13cH][13c]1F)C2. The van der Waals surface area contributed by atoms with Crippen molar-refractivity contribution in [3.63, 3.8) is 0 Å². The molecular formula is C20H20FNO3S. The van der Waals surface area contributed by atoms with Gasteiger partial charge in [-0.15, -0.1) is 11.3 Å². The Morgan fingerprint density at radius 1 is 1.31 bits per heavy atom. The highest BCUT2D eigenvalue weighted by atomic mass is 32.1. The van der Waals surface area contributed by atoms with E-state index >= 15 is 0 Å². The highest BCUT2D eigenvalue weighted by molar-refractivity contribution is 7.14. The number of carbonyl (C=O) groups excluding carboxylic acids is 2. The second-order valence-electron chi connectivity index (χ2n) is 6.93. The summed E-state index contributed by atoms with van der Waals surface area (Å²) in [7, 11) is 0. The van der Waals surface area contributed by atoms with Gasteiger partial charge in [0.1, 0.15) is 5.82 Å². The van der Waals surface area contributed by atoms with E-state index in [2.05, 4.69) is 4.90 Å². The molecule has 1 aromatic heterocycles. The number of Topliss-reactive ketones (excluding diaryl/α,β-unsaturated/α-hetero) is 1. The maximum Gasteiger partial charge on any atom is 0.308 e. The highest BCUT2D eigenvalue weighted by Gasteiger charge is 2.40. The maximum absolute atomic E-state index is 14.4. The van der Waals surface area contributed by atoms with Gasteiger partial charge in [0, 0.05) is 36.4 Å². The minimum absolute atomic E-state index is 0.0556. The molecule has 1 atom stereocenters. The van der Waals surface area contributed by atoms with Gasteiger partial charge in [0.2, 0.25) is 0 Å². The van der Waals surface area contributed by atoms with Crippen molar-refractivity contribution in [2.75, 3.05) is 6.54 Å². The average molecular weight is 379 g/mol. The molecule has 2 heterocycles. The third-order valence-corrected chi connectivity index (χ3v) is 6.05. The molecule has 136 valence electrons. The number of benzene rings is 1. The second kappa shape index (κ2) is 6.93. The van der Waals surface area contributed by atoms with Crippen LogP contribution >= 0.6 is 11.3 Å². The number of fused-ring (bicyclic) bond motifs is 1. The lowest BCUT2D eigenvalue weighted by Gasteiger charge is -2.34. The van der Waals surface area contributed by atoms with Gasteiger partial charge in [-0.1, -0.05) is 18.2 Å². The molecule has 4 nitrogen and oxygen atoms in total. The number of halogens is 1. The molecular weight excluding hydrogens is 359 g/mol. The minimum Gasteiger partial charge on any atom is -0.416 e. The zero-order chi connectivity index (χ0) is 18.3. The van der Waals surface area contributed by atoms with Crippen LogP contribution in [0.15, 0.2) is 30.3 Å². The maximum atomic E-state index is 14.4. The summed E-state index contributed by atoms with van der Waals surface area (Å²) in [6.45, 7) is 2.63. The average Bonchev–Trinajstić information content (AvgIpc) is 3.37. The number of carbonyl (C=O) groups is 2. The van der Waals surface area contributed by atoms with Crippen LogP contribution < -0.4 is 4.74 Å². The molecule has 0 spiro atoms. The van der Waals surface area contributed by atoms with Gasteiger partial charge in [-0.25, -0.2) is 4.39 Å². The number of ether oxygens (including phenoxy) is 1. The van der Waals surface area contributed by atoms with Crippen molar-refractivity contribution in [1.29, 1.82) is 0 Å². The van der Waals surface area contributed by atoms with Gasteiger partial charge in [-0.2, -0.15) is 0 Å². The summed E-state index contributed by atoms with van der Waals surface area (Å²) in [5, 5.41) is 0.584. The first kappa shape index (κ1) is 17.4. The standard InChI is InChI=1S/C20H20FNO3S/c1-12(23)25-18-10-14-11-22(9-8-17(14)26-18)19(20(24)13-6-7-13)15-4-2-3-5-16(15)21/h2-5,10,13,19H,6-9,11H2,1H3/i2+1,3+1,4+1,5+1,15+1,16+1. The molecule has 4 rings (SSSR count). The molecule has 1 aliphatic carbocycles. The third kappa shape index (κ3) is 3.44. The Kier molecular flexibility index (Phi) is 4.63. The molecule has 26 heavy (non-hydrogen) atoms. The summed E-state index contributed by atoms with van der Waals surface area (Å²) in [6, 6.07) is 7.89. The Morgan fingerprint density at radius 2 is 2.08 bits per heavy atom. The summed E-state index contributed by atoms with van der Waals surface area (Å²) >= 11 is 1.47. The lowest BCUT2D eigenvalue weighted by atomic mass is 10.1. The van der Waals surface area contributed by atoms with Gasteiger partial charge in [-0.05, 0) is 37.0 Å². The summed E-state index contributed by atoms with van der Waals surface area (Å²) in [5.41, 5.74) is 1.52. The topological polar surface area (TPSA) is 46.6 Å². The van der Waals surface area contributed by atoms with Crippen LogP contribution in [0.4, 0.5) is 4.39 Å². The monoisotopic (exact) mass is 379 g/mol. The highest BCUT2D eigenvalue weighted by Crippen LogP contribution is 2.41. The normalized spacial score (nSPS) is 18.2. The first-order chi connectivity index (χ1) is 12.5. The van der Waals surface area contributed by atoms with E-state index < -0.39 is 6.04 Å².